The minimum atomic E-state index is -0.220. The molecule has 2 unspecified atom stereocenters. The largest absolute Gasteiger partial charge is 0.392 e. The minimum Gasteiger partial charge on any atom is -0.392 e. The predicted octanol–water partition coefficient (Wildman–Crippen LogP) is 2.28. The van der Waals surface area contributed by atoms with Gasteiger partial charge in [-0.15, -0.1) is 0 Å². The number of halogens is 1. The molecular weight excluding hydrogens is 255 g/mol. The fourth-order valence-corrected chi connectivity index (χ4v) is 2.74. The molecule has 2 rings (SSSR count). The first-order valence-electron chi connectivity index (χ1n) is 7.50. The Morgan fingerprint density at radius 1 is 1.25 bits per heavy atom. The molecule has 1 aromatic carbocycles. The van der Waals surface area contributed by atoms with Crippen LogP contribution in [0.2, 0.25) is 0 Å². The summed E-state index contributed by atoms with van der Waals surface area (Å²) in [6, 6.07) is 7.11. The SMILES string of the molecule is CCC(O)CN1CCN(C(C)c2cccc(F)c2)CC1. The molecule has 0 bridgehead atoms. The number of rotatable bonds is 5. The maximum Gasteiger partial charge on any atom is 0.123 e. The third kappa shape index (κ3) is 4.01. The van der Waals surface area contributed by atoms with Gasteiger partial charge >= 0.3 is 0 Å². The van der Waals surface area contributed by atoms with Crippen LogP contribution in [0.4, 0.5) is 4.39 Å². The number of piperazine rings is 1. The molecule has 1 N–H and O–H groups in total. The van der Waals surface area contributed by atoms with Gasteiger partial charge < -0.3 is 5.11 Å². The summed E-state index contributed by atoms with van der Waals surface area (Å²) in [5.41, 5.74) is 1.03. The first-order valence-corrected chi connectivity index (χ1v) is 7.50. The van der Waals surface area contributed by atoms with Gasteiger partial charge in [0.1, 0.15) is 5.82 Å². The van der Waals surface area contributed by atoms with Gasteiger partial charge in [-0.3, -0.25) is 9.80 Å². The zero-order chi connectivity index (χ0) is 14.5. The molecule has 0 saturated carbocycles. The minimum absolute atomic E-state index is 0.168. The number of nitrogens with zero attached hydrogens (tertiary/aromatic N) is 2. The lowest BCUT2D eigenvalue weighted by molar-refractivity contribution is 0.0578. The third-order valence-corrected chi connectivity index (χ3v) is 4.23. The van der Waals surface area contributed by atoms with E-state index in [0.29, 0.717) is 0 Å². The molecular formula is C16H25FN2O. The quantitative estimate of drug-likeness (QED) is 0.896. The van der Waals surface area contributed by atoms with Crippen molar-refractivity contribution in [3.8, 4) is 0 Å². The first-order chi connectivity index (χ1) is 9.60. The highest BCUT2D eigenvalue weighted by molar-refractivity contribution is 5.19. The Labute approximate surface area is 121 Å². The molecule has 2 atom stereocenters. The molecule has 20 heavy (non-hydrogen) atoms. The van der Waals surface area contributed by atoms with Crippen molar-refractivity contribution in [2.24, 2.45) is 0 Å². The molecule has 0 spiro atoms. The van der Waals surface area contributed by atoms with Gasteiger partial charge in [0.2, 0.25) is 0 Å². The van der Waals surface area contributed by atoms with Crippen LogP contribution < -0.4 is 0 Å². The van der Waals surface area contributed by atoms with Gasteiger partial charge in [0.05, 0.1) is 6.10 Å². The van der Waals surface area contributed by atoms with Crippen molar-refractivity contribution in [1.29, 1.82) is 0 Å². The van der Waals surface area contributed by atoms with E-state index in [9.17, 15) is 9.50 Å². The fourth-order valence-electron chi connectivity index (χ4n) is 2.74. The lowest BCUT2D eigenvalue weighted by atomic mass is 10.1. The number of hydrogen-bond donors (Lipinski definition) is 1. The summed E-state index contributed by atoms with van der Waals surface area (Å²) >= 11 is 0. The number of aliphatic hydroxyl groups is 1. The molecule has 1 fully saturated rings. The van der Waals surface area contributed by atoms with Crippen molar-refractivity contribution in [3.63, 3.8) is 0 Å². The summed E-state index contributed by atoms with van der Waals surface area (Å²) in [5.74, 6) is -0.168. The maximum atomic E-state index is 13.3. The zero-order valence-corrected chi connectivity index (χ0v) is 12.4. The molecule has 1 saturated heterocycles. The van der Waals surface area contributed by atoms with E-state index in [4.69, 9.17) is 0 Å². The van der Waals surface area contributed by atoms with Crippen LogP contribution >= 0.6 is 0 Å². The van der Waals surface area contributed by atoms with Crippen molar-refractivity contribution >= 4 is 0 Å². The Balaban J connectivity index is 1.87. The van der Waals surface area contributed by atoms with E-state index in [1.54, 1.807) is 12.1 Å². The molecule has 1 aromatic rings. The summed E-state index contributed by atoms with van der Waals surface area (Å²) in [4.78, 5) is 4.69. The molecule has 3 nitrogen and oxygen atoms in total. The molecule has 0 amide bonds. The van der Waals surface area contributed by atoms with Crippen LogP contribution in [-0.4, -0.2) is 53.7 Å². The third-order valence-electron chi connectivity index (χ3n) is 4.23. The number of aliphatic hydroxyl groups excluding tert-OH is 1. The monoisotopic (exact) mass is 280 g/mol. The Hall–Kier alpha value is -0.970. The van der Waals surface area contributed by atoms with E-state index in [1.165, 1.54) is 6.07 Å². The summed E-state index contributed by atoms with van der Waals surface area (Å²) in [5, 5.41) is 9.70. The summed E-state index contributed by atoms with van der Waals surface area (Å²) in [6.07, 6.45) is 0.585. The van der Waals surface area contributed by atoms with Gasteiger partial charge in [-0.2, -0.15) is 0 Å². The second kappa shape index (κ2) is 7.16. The van der Waals surface area contributed by atoms with Gasteiger partial charge in [-0.1, -0.05) is 19.1 Å². The lowest BCUT2D eigenvalue weighted by Crippen LogP contribution is -2.49. The van der Waals surface area contributed by atoms with Crippen LogP contribution in [0.3, 0.4) is 0 Å². The van der Waals surface area contributed by atoms with Gasteiger partial charge in [0.25, 0.3) is 0 Å². The molecule has 112 valence electrons. The molecule has 1 aliphatic heterocycles. The highest BCUT2D eigenvalue weighted by Crippen LogP contribution is 2.22. The standard InChI is InChI=1S/C16H25FN2O/c1-3-16(20)12-18-7-9-19(10-8-18)13(2)14-5-4-6-15(17)11-14/h4-6,11,13,16,20H,3,7-10,12H2,1-2H3. The highest BCUT2D eigenvalue weighted by Gasteiger charge is 2.23. The van der Waals surface area contributed by atoms with Crippen molar-refractivity contribution in [1.82, 2.24) is 9.80 Å². The van der Waals surface area contributed by atoms with Crippen molar-refractivity contribution in [3.05, 3.63) is 35.6 Å². The smallest absolute Gasteiger partial charge is 0.123 e. The van der Waals surface area contributed by atoms with Crippen LogP contribution in [-0.2, 0) is 0 Å². The number of hydrogen-bond acceptors (Lipinski definition) is 3. The average molecular weight is 280 g/mol. The van der Waals surface area contributed by atoms with Crippen molar-refractivity contribution in [2.75, 3.05) is 32.7 Å². The van der Waals surface area contributed by atoms with Crippen molar-refractivity contribution < 1.29 is 9.50 Å². The number of β-amino-alcohol motifs (C(OH)–C–C–N with tert-alkyl or cyclic N) is 1. The zero-order valence-electron chi connectivity index (χ0n) is 12.4. The number of benzene rings is 1. The maximum absolute atomic E-state index is 13.3. The molecule has 0 radical (unpaired) electrons. The Morgan fingerprint density at radius 2 is 1.95 bits per heavy atom. The lowest BCUT2D eigenvalue weighted by Gasteiger charge is -2.38. The average Bonchev–Trinajstić information content (AvgIpc) is 2.47. The molecule has 4 heteroatoms. The van der Waals surface area contributed by atoms with Gasteiger partial charge in [-0.05, 0) is 31.0 Å². The van der Waals surface area contributed by atoms with Crippen LogP contribution in [0.5, 0.6) is 0 Å². The van der Waals surface area contributed by atoms with Gasteiger partial charge in [0, 0.05) is 38.8 Å². The molecule has 0 aromatic heterocycles. The van der Waals surface area contributed by atoms with E-state index in [2.05, 4.69) is 16.7 Å². The van der Waals surface area contributed by atoms with Crippen molar-refractivity contribution in [2.45, 2.75) is 32.4 Å². The normalized spacial score (nSPS) is 20.8. The molecule has 0 aliphatic carbocycles. The second-order valence-electron chi connectivity index (χ2n) is 5.63. The summed E-state index contributed by atoms with van der Waals surface area (Å²) < 4.78 is 13.3. The van der Waals surface area contributed by atoms with Crippen LogP contribution in [0, 0.1) is 5.82 Å². The topological polar surface area (TPSA) is 26.7 Å². The van der Waals surface area contributed by atoms with Gasteiger partial charge in [-0.25, -0.2) is 4.39 Å². The Bertz CT molecular complexity index is 419. The van der Waals surface area contributed by atoms with E-state index in [-0.39, 0.29) is 18.0 Å². The van der Waals surface area contributed by atoms with E-state index >= 15 is 0 Å². The van der Waals surface area contributed by atoms with E-state index in [0.717, 1.165) is 44.7 Å². The molecule has 1 heterocycles. The summed E-state index contributed by atoms with van der Waals surface area (Å²) in [7, 11) is 0. The fraction of sp³-hybridized carbons (Fsp3) is 0.625. The van der Waals surface area contributed by atoms with Crippen LogP contribution in [0.15, 0.2) is 24.3 Å². The van der Waals surface area contributed by atoms with Crippen LogP contribution in [0.25, 0.3) is 0 Å². The predicted molar refractivity (Wildman–Crippen MR) is 79.1 cm³/mol. The summed E-state index contributed by atoms with van der Waals surface area (Å²) in [6.45, 7) is 8.77. The Morgan fingerprint density at radius 3 is 2.55 bits per heavy atom. The molecule has 1 aliphatic rings. The first kappa shape index (κ1) is 15.4. The van der Waals surface area contributed by atoms with Gasteiger partial charge in [0.15, 0.2) is 0 Å². The highest BCUT2D eigenvalue weighted by atomic mass is 19.1. The van der Waals surface area contributed by atoms with Crippen LogP contribution in [0.1, 0.15) is 31.9 Å². The second-order valence-corrected chi connectivity index (χ2v) is 5.63. The van der Waals surface area contributed by atoms with E-state index < -0.39 is 0 Å². The van der Waals surface area contributed by atoms with E-state index in [1.807, 2.05) is 13.0 Å². The Kier molecular flexibility index (Phi) is 5.52.